The highest BCUT2D eigenvalue weighted by molar-refractivity contribution is 5.81. The number of nitrogens with one attached hydrogen (secondary N) is 2. The van der Waals surface area contributed by atoms with Crippen LogP contribution in [0.25, 0.3) is 0 Å². The highest BCUT2D eigenvalue weighted by atomic mass is 16.4. The van der Waals surface area contributed by atoms with Crippen LogP contribution in [0.5, 0.6) is 0 Å². The van der Waals surface area contributed by atoms with Gasteiger partial charge in [-0.2, -0.15) is 0 Å². The highest BCUT2D eigenvalue weighted by Crippen LogP contribution is 2.36. The predicted molar refractivity (Wildman–Crippen MR) is 95.1 cm³/mol. The van der Waals surface area contributed by atoms with E-state index in [9.17, 15) is 9.90 Å². The predicted octanol–water partition coefficient (Wildman–Crippen LogP) is 1.05. The maximum absolute atomic E-state index is 11.7. The maximum atomic E-state index is 11.7. The van der Waals surface area contributed by atoms with Gasteiger partial charge in [-0.15, -0.1) is 0 Å². The summed E-state index contributed by atoms with van der Waals surface area (Å²) >= 11 is 0. The van der Waals surface area contributed by atoms with Gasteiger partial charge < -0.3 is 25.1 Å². The van der Waals surface area contributed by atoms with Gasteiger partial charge >= 0.3 is 0 Å². The Labute approximate surface area is 148 Å². The first-order valence-electron chi connectivity index (χ1n) is 9.00. The van der Waals surface area contributed by atoms with Crippen molar-refractivity contribution in [3.05, 3.63) is 24.2 Å². The fourth-order valence-corrected chi connectivity index (χ4v) is 3.75. The molecular formula is C18H28N4O3. The van der Waals surface area contributed by atoms with Gasteiger partial charge in [-0.05, 0) is 38.8 Å². The van der Waals surface area contributed by atoms with Crippen molar-refractivity contribution in [2.75, 3.05) is 32.7 Å². The summed E-state index contributed by atoms with van der Waals surface area (Å²) in [5, 5.41) is 16.9. The summed E-state index contributed by atoms with van der Waals surface area (Å²) in [6.07, 6.45) is 4.24. The molecule has 1 aromatic heterocycles. The number of furan rings is 1. The number of piperidine rings is 1. The number of guanidine groups is 1. The number of carbonyl (C=O) groups is 1. The molecule has 7 heteroatoms. The molecule has 1 spiro atoms. The average Bonchev–Trinajstić information content (AvgIpc) is 3.23. The number of amides is 1. The molecule has 7 nitrogen and oxygen atoms in total. The van der Waals surface area contributed by atoms with Crippen molar-refractivity contribution in [1.82, 2.24) is 15.5 Å². The van der Waals surface area contributed by atoms with Gasteiger partial charge in [-0.25, -0.2) is 4.99 Å². The molecule has 3 N–H and O–H groups in total. The third kappa shape index (κ3) is 3.98. The third-order valence-electron chi connectivity index (χ3n) is 5.08. The molecule has 2 atom stereocenters. The van der Waals surface area contributed by atoms with Crippen molar-refractivity contribution < 1.29 is 14.3 Å². The van der Waals surface area contributed by atoms with Gasteiger partial charge in [0.1, 0.15) is 11.4 Å². The molecule has 2 saturated heterocycles. The molecule has 25 heavy (non-hydrogen) atoms. The fraction of sp³-hybridized carbons (Fsp3) is 0.667. The first-order chi connectivity index (χ1) is 11.9. The van der Waals surface area contributed by atoms with E-state index in [1.807, 2.05) is 6.92 Å². The number of hydrogen-bond acceptors (Lipinski definition) is 4. The van der Waals surface area contributed by atoms with Crippen molar-refractivity contribution in [2.24, 2.45) is 10.4 Å². The van der Waals surface area contributed by atoms with E-state index < -0.39 is 5.60 Å². The molecule has 3 rings (SSSR count). The van der Waals surface area contributed by atoms with Crippen LogP contribution in [0.15, 0.2) is 27.8 Å². The number of carbonyl (C=O) groups excluding carboxylic acids is 1. The zero-order valence-electron chi connectivity index (χ0n) is 15.0. The minimum Gasteiger partial charge on any atom is -0.466 e. The molecule has 1 aromatic rings. The molecule has 138 valence electrons. The van der Waals surface area contributed by atoms with E-state index >= 15 is 0 Å². The molecule has 0 bridgehead atoms. The van der Waals surface area contributed by atoms with Crippen molar-refractivity contribution >= 4 is 11.9 Å². The first-order valence-corrected chi connectivity index (χ1v) is 9.00. The van der Waals surface area contributed by atoms with Crippen LogP contribution in [0.2, 0.25) is 0 Å². The Kier molecular flexibility index (Phi) is 5.03. The first kappa shape index (κ1) is 17.8. The smallest absolute Gasteiger partial charge is 0.220 e. The quantitative estimate of drug-likeness (QED) is 0.559. The second-order valence-electron chi connectivity index (χ2n) is 7.40. The molecule has 0 aliphatic carbocycles. The summed E-state index contributed by atoms with van der Waals surface area (Å²) in [5.41, 5.74) is -1.14. The van der Waals surface area contributed by atoms with Crippen LogP contribution in [0.1, 0.15) is 38.9 Å². The van der Waals surface area contributed by atoms with Gasteiger partial charge in [-0.1, -0.05) is 0 Å². The number of hydrogen-bond donors (Lipinski definition) is 3. The van der Waals surface area contributed by atoms with Gasteiger partial charge in [0.2, 0.25) is 5.91 Å². The summed E-state index contributed by atoms with van der Waals surface area (Å²) < 4.78 is 5.32. The van der Waals surface area contributed by atoms with Crippen LogP contribution in [-0.2, 0) is 10.4 Å². The summed E-state index contributed by atoms with van der Waals surface area (Å²) in [4.78, 5) is 18.6. The minimum atomic E-state index is -1.15. The zero-order chi connectivity index (χ0) is 17.9. The lowest BCUT2D eigenvalue weighted by Gasteiger charge is -2.41. The monoisotopic (exact) mass is 348 g/mol. The fourth-order valence-electron chi connectivity index (χ4n) is 3.75. The zero-order valence-corrected chi connectivity index (χ0v) is 15.0. The lowest BCUT2D eigenvalue weighted by atomic mass is 9.79. The summed E-state index contributed by atoms with van der Waals surface area (Å²) in [6.45, 7) is 7.15. The van der Waals surface area contributed by atoms with E-state index in [4.69, 9.17) is 4.42 Å². The van der Waals surface area contributed by atoms with E-state index in [-0.39, 0.29) is 17.9 Å². The van der Waals surface area contributed by atoms with Crippen LogP contribution in [0.3, 0.4) is 0 Å². The molecule has 3 heterocycles. The van der Waals surface area contributed by atoms with E-state index in [2.05, 4.69) is 20.5 Å². The van der Waals surface area contributed by atoms with E-state index in [1.165, 1.54) is 0 Å². The van der Waals surface area contributed by atoms with Gasteiger partial charge in [0, 0.05) is 38.0 Å². The van der Waals surface area contributed by atoms with Crippen LogP contribution < -0.4 is 10.6 Å². The summed E-state index contributed by atoms with van der Waals surface area (Å²) in [6, 6.07) is 3.52. The number of rotatable bonds is 4. The van der Waals surface area contributed by atoms with Gasteiger partial charge in [0.15, 0.2) is 5.96 Å². The number of likely N-dealkylation sites (tertiary alicyclic amines) is 1. The van der Waals surface area contributed by atoms with Gasteiger partial charge in [0.25, 0.3) is 0 Å². The van der Waals surface area contributed by atoms with E-state index in [0.717, 1.165) is 45.0 Å². The molecule has 2 unspecified atom stereocenters. The molecule has 0 aromatic carbocycles. The SMILES string of the molecule is CCNC(=NCC(C)(O)c1ccco1)N1CCCC2(CNC(=O)C2)C1. The van der Waals surface area contributed by atoms with Crippen molar-refractivity contribution in [2.45, 2.75) is 38.7 Å². The lowest BCUT2D eigenvalue weighted by molar-refractivity contribution is -0.119. The Balaban J connectivity index is 1.72. The lowest BCUT2D eigenvalue weighted by Crippen LogP contribution is -2.51. The Morgan fingerprint density at radius 3 is 3.08 bits per heavy atom. The van der Waals surface area contributed by atoms with Crippen LogP contribution >= 0.6 is 0 Å². The van der Waals surface area contributed by atoms with Gasteiger partial charge in [0.05, 0.1) is 12.8 Å². The molecule has 2 aliphatic rings. The maximum Gasteiger partial charge on any atom is 0.220 e. The average molecular weight is 348 g/mol. The van der Waals surface area contributed by atoms with Crippen molar-refractivity contribution in [3.63, 3.8) is 0 Å². The Bertz CT molecular complexity index is 626. The normalized spacial score (nSPS) is 26.6. The molecular weight excluding hydrogens is 320 g/mol. The standard InChI is InChI=1S/C18H28N4O3/c1-3-19-16(21-11-17(2,24)14-6-4-9-25-14)22-8-5-7-18(13-22)10-15(23)20-12-18/h4,6,9,24H,3,5,7-8,10-13H2,1-2H3,(H,19,21)(H,20,23). The molecule has 2 fully saturated rings. The molecule has 0 radical (unpaired) electrons. The number of aliphatic hydroxyl groups is 1. The minimum absolute atomic E-state index is 0.00898. The van der Waals surface area contributed by atoms with E-state index in [0.29, 0.717) is 12.2 Å². The Morgan fingerprint density at radius 2 is 2.44 bits per heavy atom. The molecule has 0 saturated carbocycles. The van der Waals surface area contributed by atoms with Crippen molar-refractivity contribution in [3.8, 4) is 0 Å². The second-order valence-corrected chi connectivity index (χ2v) is 7.40. The topological polar surface area (TPSA) is 90.1 Å². The van der Waals surface area contributed by atoms with Crippen LogP contribution in [0.4, 0.5) is 0 Å². The van der Waals surface area contributed by atoms with E-state index in [1.54, 1.807) is 25.3 Å². The number of aliphatic imine (C=N–C) groups is 1. The Hall–Kier alpha value is -2.02. The second kappa shape index (κ2) is 7.07. The van der Waals surface area contributed by atoms with Crippen molar-refractivity contribution in [1.29, 1.82) is 0 Å². The van der Waals surface area contributed by atoms with Gasteiger partial charge in [-0.3, -0.25) is 4.79 Å². The highest BCUT2D eigenvalue weighted by Gasteiger charge is 2.42. The third-order valence-corrected chi connectivity index (χ3v) is 5.08. The molecule has 1 amide bonds. The van der Waals surface area contributed by atoms with Crippen LogP contribution in [0, 0.1) is 5.41 Å². The van der Waals surface area contributed by atoms with Crippen LogP contribution in [-0.4, -0.2) is 54.6 Å². The summed E-state index contributed by atoms with van der Waals surface area (Å²) in [5.74, 6) is 1.44. The number of nitrogens with zero attached hydrogens (tertiary/aromatic N) is 2. The summed E-state index contributed by atoms with van der Waals surface area (Å²) in [7, 11) is 0. The Morgan fingerprint density at radius 1 is 1.60 bits per heavy atom. The largest absolute Gasteiger partial charge is 0.466 e. The molecule has 2 aliphatic heterocycles.